The highest BCUT2D eigenvalue weighted by Gasteiger charge is 2.11. The number of nitrogens with zero attached hydrogens (tertiary/aromatic N) is 3. The summed E-state index contributed by atoms with van der Waals surface area (Å²) < 4.78 is 7.69. The van der Waals surface area contributed by atoms with Crippen molar-refractivity contribution in [2.24, 2.45) is 0 Å². The average molecular weight is 377 g/mol. The molecule has 0 N–H and O–H groups in total. The standard InChI is InChI=1S/C23H27N3O2/c1-18-8-7-11-22(19(18)2)28-13-12-23(27)25(3)15-21-14-24-26(17-21)16-20-9-5-4-6-10-20/h4-11,14,17H,12-13,15-16H2,1-3H3. The maximum Gasteiger partial charge on any atom is 0.226 e. The molecule has 0 saturated heterocycles. The van der Waals surface area contributed by atoms with Crippen LogP contribution in [0.4, 0.5) is 0 Å². The minimum Gasteiger partial charge on any atom is -0.493 e. The maximum absolute atomic E-state index is 12.4. The van der Waals surface area contributed by atoms with Crippen molar-refractivity contribution in [1.82, 2.24) is 14.7 Å². The van der Waals surface area contributed by atoms with Gasteiger partial charge in [-0.15, -0.1) is 0 Å². The van der Waals surface area contributed by atoms with E-state index in [2.05, 4.69) is 30.2 Å². The van der Waals surface area contributed by atoms with E-state index in [4.69, 9.17) is 4.74 Å². The Morgan fingerprint density at radius 1 is 1.07 bits per heavy atom. The van der Waals surface area contributed by atoms with Crippen LogP contribution in [0.3, 0.4) is 0 Å². The summed E-state index contributed by atoms with van der Waals surface area (Å²) in [4.78, 5) is 14.1. The molecule has 3 rings (SSSR count). The normalized spacial score (nSPS) is 10.7. The Morgan fingerprint density at radius 2 is 1.86 bits per heavy atom. The van der Waals surface area contributed by atoms with Gasteiger partial charge in [0.05, 0.1) is 25.8 Å². The zero-order chi connectivity index (χ0) is 19.9. The van der Waals surface area contributed by atoms with Crippen molar-refractivity contribution < 1.29 is 9.53 Å². The second kappa shape index (κ2) is 9.22. The highest BCUT2D eigenvalue weighted by molar-refractivity contribution is 5.76. The number of carbonyl (C=O) groups excluding carboxylic acids is 1. The van der Waals surface area contributed by atoms with Gasteiger partial charge in [-0.1, -0.05) is 42.5 Å². The lowest BCUT2D eigenvalue weighted by atomic mass is 10.1. The molecular formula is C23H27N3O2. The number of benzene rings is 2. The van der Waals surface area contributed by atoms with Crippen molar-refractivity contribution in [1.29, 1.82) is 0 Å². The lowest BCUT2D eigenvalue weighted by Crippen LogP contribution is -2.27. The van der Waals surface area contributed by atoms with Crippen molar-refractivity contribution in [2.75, 3.05) is 13.7 Å². The van der Waals surface area contributed by atoms with E-state index in [-0.39, 0.29) is 5.91 Å². The number of ether oxygens (including phenoxy) is 1. The number of carbonyl (C=O) groups is 1. The fourth-order valence-corrected chi connectivity index (χ4v) is 3.03. The van der Waals surface area contributed by atoms with Gasteiger partial charge in [0.15, 0.2) is 0 Å². The van der Waals surface area contributed by atoms with E-state index in [1.54, 1.807) is 4.90 Å². The highest BCUT2D eigenvalue weighted by Crippen LogP contribution is 2.20. The van der Waals surface area contributed by atoms with E-state index >= 15 is 0 Å². The first-order chi connectivity index (χ1) is 13.5. The molecule has 0 saturated carbocycles. The first-order valence-electron chi connectivity index (χ1n) is 9.51. The molecule has 3 aromatic rings. The lowest BCUT2D eigenvalue weighted by Gasteiger charge is -2.17. The fraction of sp³-hybridized carbons (Fsp3) is 0.304. The second-order valence-electron chi connectivity index (χ2n) is 7.08. The van der Waals surface area contributed by atoms with Crippen LogP contribution >= 0.6 is 0 Å². The van der Waals surface area contributed by atoms with Crippen LogP contribution in [0.15, 0.2) is 60.9 Å². The summed E-state index contributed by atoms with van der Waals surface area (Å²) in [5.74, 6) is 0.902. The van der Waals surface area contributed by atoms with Crippen LogP contribution in [0.2, 0.25) is 0 Å². The molecule has 2 aromatic carbocycles. The largest absolute Gasteiger partial charge is 0.493 e. The Hall–Kier alpha value is -3.08. The molecule has 5 nitrogen and oxygen atoms in total. The van der Waals surface area contributed by atoms with E-state index in [1.807, 2.05) is 61.4 Å². The van der Waals surface area contributed by atoms with Gasteiger partial charge in [0.25, 0.3) is 0 Å². The number of hydrogen-bond donors (Lipinski definition) is 0. The average Bonchev–Trinajstić information content (AvgIpc) is 3.12. The van der Waals surface area contributed by atoms with Crippen LogP contribution in [-0.4, -0.2) is 34.2 Å². The first-order valence-corrected chi connectivity index (χ1v) is 9.51. The maximum atomic E-state index is 12.4. The minimum atomic E-state index is 0.0566. The molecule has 28 heavy (non-hydrogen) atoms. The van der Waals surface area contributed by atoms with Gasteiger partial charge in [-0.3, -0.25) is 9.48 Å². The van der Waals surface area contributed by atoms with Crippen molar-refractivity contribution >= 4 is 5.91 Å². The summed E-state index contributed by atoms with van der Waals surface area (Å²) in [5.41, 5.74) is 4.52. The monoisotopic (exact) mass is 377 g/mol. The van der Waals surface area contributed by atoms with E-state index in [9.17, 15) is 4.79 Å². The SMILES string of the molecule is Cc1cccc(OCCC(=O)N(C)Cc2cnn(Cc3ccccc3)c2)c1C. The zero-order valence-electron chi connectivity index (χ0n) is 16.8. The van der Waals surface area contributed by atoms with Crippen molar-refractivity contribution in [3.8, 4) is 5.75 Å². The highest BCUT2D eigenvalue weighted by atomic mass is 16.5. The van der Waals surface area contributed by atoms with Gasteiger partial charge in [0.2, 0.25) is 5.91 Å². The fourth-order valence-electron chi connectivity index (χ4n) is 3.03. The molecule has 0 fully saturated rings. The van der Waals surface area contributed by atoms with Gasteiger partial charge in [-0.05, 0) is 36.6 Å². The number of aromatic nitrogens is 2. The zero-order valence-corrected chi connectivity index (χ0v) is 16.8. The van der Waals surface area contributed by atoms with Crippen LogP contribution in [0.25, 0.3) is 0 Å². The minimum absolute atomic E-state index is 0.0566. The molecule has 1 aromatic heterocycles. The second-order valence-corrected chi connectivity index (χ2v) is 7.08. The topological polar surface area (TPSA) is 47.4 Å². The van der Waals surface area contributed by atoms with Gasteiger partial charge in [-0.25, -0.2) is 0 Å². The van der Waals surface area contributed by atoms with Gasteiger partial charge in [0.1, 0.15) is 5.75 Å². The third-order valence-corrected chi connectivity index (χ3v) is 4.85. The predicted octanol–water partition coefficient (Wildman–Crippen LogP) is 3.98. The van der Waals surface area contributed by atoms with Gasteiger partial charge in [-0.2, -0.15) is 5.10 Å². The Bertz CT molecular complexity index is 919. The number of aryl methyl sites for hydroxylation is 1. The molecule has 0 radical (unpaired) electrons. The Balaban J connectivity index is 1.47. The van der Waals surface area contributed by atoms with Crippen LogP contribution in [0, 0.1) is 13.8 Å². The van der Waals surface area contributed by atoms with Crippen LogP contribution in [0.1, 0.15) is 28.7 Å². The summed E-state index contributed by atoms with van der Waals surface area (Å²) >= 11 is 0. The van der Waals surface area contributed by atoms with E-state index < -0.39 is 0 Å². The third kappa shape index (κ3) is 5.22. The summed E-state index contributed by atoms with van der Waals surface area (Å²) in [5, 5.41) is 4.40. The lowest BCUT2D eigenvalue weighted by molar-refractivity contribution is -0.130. The summed E-state index contributed by atoms with van der Waals surface area (Å²) in [6.07, 6.45) is 4.16. The third-order valence-electron chi connectivity index (χ3n) is 4.85. The van der Waals surface area contributed by atoms with Gasteiger partial charge in [0, 0.05) is 25.4 Å². The van der Waals surface area contributed by atoms with E-state index in [1.165, 1.54) is 11.1 Å². The summed E-state index contributed by atoms with van der Waals surface area (Å²) in [6.45, 7) is 5.73. The molecule has 1 heterocycles. The molecule has 0 aliphatic carbocycles. The van der Waals surface area contributed by atoms with Crippen LogP contribution in [0.5, 0.6) is 5.75 Å². The van der Waals surface area contributed by atoms with Crippen molar-refractivity contribution in [2.45, 2.75) is 33.4 Å². The molecule has 0 unspecified atom stereocenters. The first kappa shape index (κ1) is 19.7. The molecule has 0 aliphatic heterocycles. The van der Waals surface area contributed by atoms with Crippen LogP contribution in [-0.2, 0) is 17.9 Å². The molecule has 0 atom stereocenters. The molecule has 0 aliphatic rings. The molecule has 0 bridgehead atoms. The molecule has 146 valence electrons. The van der Waals surface area contributed by atoms with E-state index in [0.717, 1.165) is 23.4 Å². The van der Waals surface area contributed by atoms with E-state index in [0.29, 0.717) is 19.6 Å². The Labute approximate surface area is 166 Å². The Morgan fingerprint density at radius 3 is 2.64 bits per heavy atom. The number of amides is 1. The molecule has 0 spiro atoms. The molecule has 5 heteroatoms. The predicted molar refractivity (Wildman–Crippen MR) is 110 cm³/mol. The van der Waals surface area contributed by atoms with Gasteiger partial charge < -0.3 is 9.64 Å². The van der Waals surface area contributed by atoms with Crippen molar-refractivity contribution in [3.05, 3.63) is 83.2 Å². The number of rotatable bonds is 8. The van der Waals surface area contributed by atoms with Crippen molar-refractivity contribution in [3.63, 3.8) is 0 Å². The summed E-state index contributed by atoms with van der Waals surface area (Å²) in [7, 11) is 1.81. The Kier molecular flexibility index (Phi) is 6.48. The van der Waals surface area contributed by atoms with Gasteiger partial charge >= 0.3 is 0 Å². The quantitative estimate of drug-likeness (QED) is 0.597. The van der Waals surface area contributed by atoms with Crippen LogP contribution < -0.4 is 4.74 Å². The summed E-state index contributed by atoms with van der Waals surface area (Å²) in [6, 6.07) is 16.2. The number of hydrogen-bond acceptors (Lipinski definition) is 3. The molecule has 1 amide bonds. The molecular weight excluding hydrogens is 350 g/mol. The smallest absolute Gasteiger partial charge is 0.226 e.